The van der Waals surface area contributed by atoms with Crippen molar-refractivity contribution in [2.45, 2.75) is 25.2 Å². The summed E-state index contributed by atoms with van der Waals surface area (Å²) in [5.41, 5.74) is 9.28. The molecule has 0 fully saturated rings. The minimum absolute atomic E-state index is 0.0132. The van der Waals surface area contributed by atoms with Gasteiger partial charge in [-0.25, -0.2) is 4.39 Å². The summed E-state index contributed by atoms with van der Waals surface area (Å²) < 4.78 is 19.2. The van der Waals surface area contributed by atoms with Crippen LogP contribution < -0.4 is 15.4 Å². The third kappa shape index (κ3) is 3.15. The van der Waals surface area contributed by atoms with Crippen molar-refractivity contribution >= 4 is 11.5 Å². The van der Waals surface area contributed by atoms with Gasteiger partial charge in [-0.2, -0.15) is 5.26 Å². The number of benzene rings is 2. The number of carbonyl (C=O) groups is 1. The normalized spacial score (nSPS) is 19.1. The standard InChI is InChI=1S/C23H20FN3O2/c1-29-17-8-2-5-14(11-17)21-18(13-25)23(26)27(16-7-3-6-15(24)12-16)19-9-4-10-20(28)22(19)21/h2-3,5-8,11-12,21H,4,9-10,26H2,1H3/t21-/m0/s1. The van der Waals surface area contributed by atoms with Crippen molar-refractivity contribution in [1.82, 2.24) is 0 Å². The van der Waals surface area contributed by atoms with Gasteiger partial charge in [-0.1, -0.05) is 18.2 Å². The first-order valence-corrected chi connectivity index (χ1v) is 9.40. The fourth-order valence-corrected chi connectivity index (χ4v) is 4.15. The molecule has 0 amide bonds. The van der Waals surface area contributed by atoms with Crippen LogP contribution in [0.2, 0.25) is 0 Å². The summed E-state index contributed by atoms with van der Waals surface area (Å²) >= 11 is 0. The van der Waals surface area contributed by atoms with Gasteiger partial charge in [0.15, 0.2) is 5.78 Å². The van der Waals surface area contributed by atoms with Crippen molar-refractivity contribution < 1.29 is 13.9 Å². The Kier molecular flexibility index (Phi) is 4.81. The molecule has 2 N–H and O–H groups in total. The van der Waals surface area contributed by atoms with Crippen molar-refractivity contribution in [3.8, 4) is 11.8 Å². The number of carbonyl (C=O) groups excluding carboxylic acids is 1. The van der Waals surface area contributed by atoms with E-state index < -0.39 is 11.7 Å². The molecule has 2 aromatic carbocycles. The van der Waals surface area contributed by atoms with Gasteiger partial charge >= 0.3 is 0 Å². The summed E-state index contributed by atoms with van der Waals surface area (Å²) in [5.74, 6) is -0.132. The Morgan fingerprint density at radius 3 is 2.72 bits per heavy atom. The molecule has 1 heterocycles. The van der Waals surface area contributed by atoms with Crippen LogP contribution in [0.25, 0.3) is 0 Å². The van der Waals surface area contributed by atoms with Gasteiger partial charge in [0.2, 0.25) is 0 Å². The highest BCUT2D eigenvalue weighted by atomic mass is 19.1. The number of hydrogen-bond donors (Lipinski definition) is 1. The maximum absolute atomic E-state index is 13.9. The van der Waals surface area contributed by atoms with Gasteiger partial charge in [-0.05, 0) is 48.7 Å². The monoisotopic (exact) mass is 389 g/mol. The number of hydrogen-bond acceptors (Lipinski definition) is 5. The SMILES string of the molecule is COc1cccc([C@H]2C(C#N)=C(N)N(c3cccc(F)c3)C3=C2C(=O)CCC3)c1. The van der Waals surface area contributed by atoms with Gasteiger partial charge < -0.3 is 10.5 Å². The lowest BCUT2D eigenvalue weighted by molar-refractivity contribution is -0.116. The lowest BCUT2D eigenvalue weighted by Crippen LogP contribution is -2.38. The molecule has 1 aliphatic carbocycles. The summed E-state index contributed by atoms with van der Waals surface area (Å²) in [5, 5.41) is 9.96. The average Bonchev–Trinajstić information content (AvgIpc) is 2.73. The number of ether oxygens (including phenoxy) is 1. The van der Waals surface area contributed by atoms with Crippen molar-refractivity contribution in [2.75, 3.05) is 12.0 Å². The van der Waals surface area contributed by atoms with E-state index in [-0.39, 0.29) is 17.2 Å². The van der Waals surface area contributed by atoms with Crippen LogP contribution in [-0.2, 0) is 4.79 Å². The number of rotatable bonds is 3. The van der Waals surface area contributed by atoms with E-state index in [4.69, 9.17) is 10.5 Å². The van der Waals surface area contributed by atoms with Gasteiger partial charge in [-0.3, -0.25) is 9.69 Å². The molecule has 0 spiro atoms. The molecule has 0 aromatic heterocycles. The maximum atomic E-state index is 13.9. The van der Waals surface area contributed by atoms with E-state index in [9.17, 15) is 14.4 Å². The molecular formula is C23H20FN3O2. The molecule has 1 aliphatic heterocycles. The Morgan fingerprint density at radius 1 is 1.21 bits per heavy atom. The van der Waals surface area contributed by atoms with Crippen LogP contribution in [0.4, 0.5) is 10.1 Å². The van der Waals surface area contributed by atoms with E-state index in [0.717, 1.165) is 11.3 Å². The number of ketones is 1. The minimum atomic E-state index is -0.567. The quantitative estimate of drug-likeness (QED) is 0.853. The molecule has 2 aliphatic rings. The summed E-state index contributed by atoms with van der Waals surface area (Å²) in [6, 6.07) is 15.5. The van der Waals surface area contributed by atoms with Crippen molar-refractivity contribution in [3.05, 3.63) is 82.6 Å². The molecule has 146 valence electrons. The second-order valence-corrected chi connectivity index (χ2v) is 7.07. The second kappa shape index (κ2) is 7.44. The molecule has 2 aromatic rings. The zero-order chi connectivity index (χ0) is 20.5. The molecule has 4 rings (SSSR count). The zero-order valence-electron chi connectivity index (χ0n) is 16.0. The number of anilines is 1. The van der Waals surface area contributed by atoms with E-state index in [1.165, 1.54) is 12.1 Å². The van der Waals surface area contributed by atoms with Gasteiger partial charge in [0.25, 0.3) is 0 Å². The van der Waals surface area contributed by atoms with Crippen LogP contribution in [0.15, 0.2) is 71.2 Å². The van der Waals surface area contributed by atoms with E-state index in [2.05, 4.69) is 6.07 Å². The van der Waals surface area contributed by atoms with E-state index in [1.807, 2.05) is 24.3 Å². The number of allylic oxidation sites excluding steroid dienone is 3. The molecule has 0 saturated heterocycles. The van der Waals surface area contributed by atoms with Crippen LogP contribution >= 0.6 is 0 Å². The third-order valence-electron chi connectivity index (χ3n) is 5.41. The molecule has 29 heavy (non-hydrogen) atoms. The molecule has 6 heteroatoms. The number of halogens is 1. The molecule has 0 saturated carbocycles. The number of nitriles is 1. The topological polar surface area (TPSA) is 79.3 Å². The van der Waals surface area contributed by atoms with Crippen LogP contribution in [0.5, 0.6) is 5.75 Å². The first-order chi connectivity index (χ1) is 14.0. The summed E-state index contributed by atoms with van der Waals surface area (Å²) in [4.78, 5) is 14.7. The second-order valence-electron chi connectivity index (χ2n) is 7.07. The Balaban J connectivity index is 1.97. The zero-order valence-corrected chi connectivity index (χ0v) is 16.0. The summed E-state index contributed by atoms with van der Waals surface area (Å²) in [7, 11) is 1.57. The minimum Gasteiger partial charge on any atom is -0.497 e. The van der Waals surface area contributed by atoms with Gasteiger partial charge in [0, 0.05) is 17.7 Å². The molecular weight excluding hydrogens is 369 g/mol. The Hall–Kier alpha value is -3.59. The Morgan fingerprint density at radius 2 is 2.00 bits per heavy atom. The fraction of sp³-hybridized carbons (Fsp3) is 0.217. The third-order valence-corrected chi connectivity index (χ3v) is 5.41. The number of methoxy groups -OCH3 is 1. The predicted octanol–water partition coefficient (Wildman–Crippen LogP) is 4.14. The predicted molar refractivity (Wildman–Crippen MR) is 107 cm³/mol. The highest BCUT2D eigenvalue weighted by Gasteiger charge is 2.40. The maximum Gasteiger partial charge on any atom is 0.161 e. The highest BCUT2D eigenvalue weighted by molar-refractivity contribution is 6.01. The summed E-state index contributed by atoms with van der Waals surface area (Å²) in [6.07, 6.45) is 1.72. The van der Waals surface area contributed by atoms with Gasteiger partial charge in [0.05, 0.1) is 30.4 Å². The molecule has 0 bridgehead atoms. The first-order valence-electron chi connectivity index (χ1n) is 9.40. The number of nitrogens with zero attached hydrogens (tertiary/aromatic N) is 2. The highest BCUT2D eigenvalue weighted by Crippen LogP contribution is 2.46. The van der Waals surface area contributed by atoms with Crippen molar-refractivity contribution in [2.24, 2.45) is 5.73 Å². The van der Waals surface area contributed by atoms with Crippen LogP contribution in [0.3, 0.4) is 0 Å². The number of nitrogens with two attached hydrogens (primary N) is 1. The Labute approximate surface area is 168 Å². The lowest BCUT2D eigenvalue weighted by Gasteiger charge is -2.39. The summed E-state index contributed by atoms with van der Waals surface area (Å²) in [6.45, 7) is 0. The lowest BCUT2D eigenvalue weighted by atomic mass is 9.75. The van der Waals surface area contributed by atoms with Crippen LogP contribution in [0, 0.1) is 17.1 Å². The van der Waals surface area contributed by atoms with Crippen LogP contribution in [0.1, 0.15) is 30.7 Å². The average molecular weight is 389 g/mol. The number of Topliss-reactive ketones (excluding diaryl/α,β-unsaturated/α-hetero) is 1. The molecule has 0 unspecified atom stereocenters. The molecule has 1 atom stereocenters. The molecule has 0 radical (unpaired) electrons. The van der Waals surface area contributed by atoms with Crippen LogP contribution in [-0.4, -0.2) is 12.9 Å². The first kappa shape index (κ1) is 18.8. The Bertz CT molecular complexity index is 1100. The van der Waals surface area contributed by atoms with Gasteiger partial charge in [0.1, 0.15) is 17.4 Å². The van der Waals surface area contributed by atoms with E-state index >= 15 is 0 Å². The fourth-order valence-electron chi connectivity index (χ4n) is 4.15. The molecule has 5 nitrogen and oxygen atoms in total. The van der Waals surface area contributed by atoms with E-state index in [1.54, 1.807) is 24.1 Å². The smallest absolute Gasteiger partial charge is 0.161 e. The van der Waals surface area contributed by atoms with Crippen molar-refractivity contribution in [3.63, 3.8) is 0 Å². The largest absolute Gasteiger partial charge is 0.497 e. The van der Waals surface area contributed by atoms with E-state index in [0.29, 0.717) is 36.3 Å². The van der Waals surface area contributed by atoms with Gasteiger partial charge in [-0.15, -0.1) is 0 Å². The van der Waals surface area contributed by atoms with Crippen molar-refractivity contribution in [1.29, 1.82) is 5.26 Å².